The van der Waals surface area contributed by atoms with Gasteiger partial charge in [-0.2, -0.15) is 22.9 Å². The highest BCUT2D eigenvalue weighted by Crippen LogP contribution is 2.38. The standard InChI is InChI=1S/C15H14F3N11/c1-27-2-4-28(5-3-27)13-14-22-25-26-29(14)11-7-9(15(16,17)18)8(6-10(11)19-13)12-20-23-24-21-12/h6-7H,2-5H2,1H3,(H,20,21,23,24). The number of nitrogens with one attached hydrogen (secondary N) is 1. The van der Waals surface area contributed by atoms with Gasteiger partial charge in [-0.25, -0.2) is 4.98 Å². The Kier molecular flexibility index (Phi) is 3.84. The van der Waals surface area contributed by atoms with Gasteiger partial charge in [0.25, 0.3) is 0 Å². The summed E-state index contributed by atoms with van der Waals surface area (Å²) in [5.41, 5.74) is -0.392. The number of hydrogen-bond acceptors (Lipinski definition) is 9. The number of nitrogens with zero attached hydrogens (tertiary/aromatic N) is 10. The fourth-order valence-corrected chi connectivity index (χ4v) is 3.41. The zero-order valence-corrected chi connectivity index (χ0v) is 15.1. The van der Waals surface area contributed by atoms with Crippen LogP contribution in [0, 0.1) is 0 Å². The zero-order chi connectivity index (χ0) is 20.2. The molecule has 150 valence electrons. The lowest BCUT2D eigenvalue weighted by molar-refractivity contribution is -0.137. The number of fused-ring (bicyclic) bond motifs is 3. The number of H-pyrrole nitrogens is 1. The van der Waals surface area contributed by atoms with Gasteiger partial charge in [0.15, 0.2) is 5.82 Å². The number of piperazine rings is 1. The maximum Gasteiger partial charge on any atom is 0.417 e. The number of tetrazole rings is 2. The molecular formula is C15H14F3N11. The molecular weight excluding hydrogens is 391 g/mol. The smallest absolute Gasteiger partial charge is 0.351 e. The van der Waals surface area contributed by atoms with E-state index in [1.807, 2.05) is 11.9 Å². The molecule has 0 atom stereocenters. The Morgan fingerprint density at radius 3 is 2.55 bits per heavy atom. The van der Waals surface area contributed by atoms with Crippen LogP contribution < -0.4 is 4.90 Å². The topological polar surface area (TPSA) is 117 Å². The van der Waals surface area contributed by atoms with E-state index >= 15 is 0 Å². The monoisotopic (exact) mass is 405 g/mol. The molecule has 1 aromatic carbocycles. The molecule has 0 unspecified atom stereocenters. The van der Waals surface area contributed by atoms with Gasteiger partial charge in [-0.05, 0) is 34.8 Å². The maximum atomic E-state index is 13.7. The minimum atomic E-state index is -4.64. The second-order valence-electron chi connectivity index (χ2n) is 6.76. The van der Waals surface area contributed by atoms with Gasteiger partial charge in [-0.1, -0.05) is 0 Å². The van der Waals surface area contributed by atoms with E-state index in [4.69, 9.17) is 0 Å². The first-order valence-electron chi connectivity index (χ1n) is 8.72. The normalized spacial score (nSPS) is 16.2. The third-order valence-corrected chi connectivity index (χ3v) is 4.93. The van der Waals surface area contributed by atoms with E-state index in [1.165, 1.54) is 10.6 Å². The molecule has 1 aliphatic heterocycles. The van der Waals surface area contributed by atoms with Crippen molar-refractivity contribution in [3.05, 3.63) is 17.7 Å². The molecule has 5 rings (SSSR count). The summed E-state index contributed by atoms with van der Waals surface area (Å²) < 4.78 is 42.4. The summed E-state index contributed by atoms with van der Waals surface area (Å²) in [5.74, 6) is 0.355. The minimum Gasteiger partial charge on any atom is -0.351 e. The van der Waals surface area contributed by atoms with Crippen molar-refractivity contribution in [3.8, 4) is 11.4 Å². The highest BCUT2D eigenvalue weighted by molar-refractivity contribution is 5.87. The fourth-order valence-electron chi connectivity index (χ4n) is 3.41. The third-order valence-electron chi connectivity index (χ3n) is 4.93. The Morgan fingerprint density at radius 1 is 1.07 bits per heavy atom. The Hall–Kier alpha value is -3.42. The van der Waals surface area contributed by atoms with Gasteiger partial charge in [-0.15, -0.1) is 15.3 Å². The second-order valence-corrected chi connectivity index (χ2v) is 6.76. The van der Waals surface area contributed by atoms with Gasteiger partial charge in [0.1, 0.15) is 0 Å². The van der Waals surface area contributed by atoms with Crippen molar-refractivity contribution in [1.29, 1.82) is 0 Å². The predicted molar refractivity (Wildman–Crippen MR) is 94.0 cm³/mol. The Bertz CT molecular complexity index is 1180. The van der Waals surface area contributed by atoms with Crippen LogP contribution in [0.1, 0.15) is 5.56 Å². The molecule has 4 heterocycles. The van der Waals surface area contributed by atoms with Crippen molar-refractivity contribution in [1.82, 2.24) is 50.5 Å². The Morgan fingerprint density at radius 2 is 1.86 bits per heavy atom. The molecule has 1 saturated heterocycles. The molecule has 11 nitrogen and oxygen atoms in total. The van der Waals surface area contributed by atoms with Crippen LogP contribution in [0.5, 0.6) is 0 Å². The molecule has 0 aliphatic carbocycles. The minimum absolute atomic E-state index is 0.141. The van der Waals surface area contributed by atoms with E-state index in [2.05, 4.69) is 46.0 Å². The van der Waals surface area contributed by atoms with Crippen LogP contribution in [-0.4, -0.2) is 83.8 Å². The number of halogens is 3. The van der Waals surface area contributed by atoms with Gasteiger partial charge in [0.05, 0.1) is 16.6 Å². The van der Waals surface area contributed by atoms with Crippen LogP contribution in [0.4, 0.5) is 19.0 Å². The summed E-state index contributed by atoms with van der Waals surface area (Å²) in [6.07, 6.45) is -4.64. The van der Waals surface area contributed by atoms with Crippen molar-refractivity contribution < 1.29 is 13.2 Å². The first-order valence-corrected chi connectivity index (χ1v) is 8.72. The molecule has 0 radical (unpaired) electrons. The Labute approximate surface area is 160 Å². The molecule has 0 saturated carbocycles. The average molecular weight is 405 g/mol. The van der Waals surface area contributed by atoms with Crippen molar-refractivity contribution in [2.45, 2.75) is 6.18 Å². The number of rotatable bonds is 2. The zero-order valence-electron chi connectivity index (χ0n) is 15.1. The molecule has 0 spiro atoms. The number of aromatic nitrogens is 9. The number of aromatic amines is 1. The van der Waals surface area contributed by atoms with Crippen molar-refractivity contribution in [3.63, 3.8) is 0 Å². The summed E-state index contributed by atoms with van der Waals surface area (Å²) in [6.45, 7) is 3.06. The van der Waals surface area contributed by atoms with Gasteiger partial charge < -0.3 is 9.80 Å². The van der Waals surface area contributed by atoms with E-state index in [-0.39, 0.29) is 16.9 Å². The summed E-state index contributed by atoms with van der Waals surface area (Å²) >= 11 is 0. The number of alkyl halides is 3. The third kappa shape index (κ3) is 2.91. The van der Waals surface area contributed by atoms with E-state index in [9.17, 15) is 13.2 Å². The first-order chi connectivity index (χ1) is 13.9. The number of benzene rings is 1. The first kappa shape index (κ1) is 17.7. The molecule has 4 aromatic rings. The quantitative estimate of drug-likeness (QED) is 0.512. The summed E-state index contributed by atoms with van der Waals surface area (Å²) in [5, 5.41) is 24.5. The van der Waals surface area contributed by atoms with Crippen LogP contribution in [0.25, 0.3) is 28.1 Å². The maximum absolute atomic E-state index is 13.7. The van der Waals surface area contributed by atoms with Crippen molar-refractivity contribution in [2.75, 3.05) is 38.1 Å². The molecule has 0 amide bonds. The molecule has 1 N–H and O–H groups in total. The fraction of sp³-hybridized carbons (Fsp3) is 0.400. The molecule has 29 heavy (non-hydrogen) atoms. The molecule has 1 fully saturated rings. The van der Waals surface area contributed by atoms with Crippen LogP contribution in [0.2, 0.25) is 0 Å². The highest BCUT2D eigenvalue weighted by Gasteiger charge is 2.36. The highest BCUT2D eigenvalue weighted by atomic mass is 19.4. The largest absolute Gasteiger partial charge is 0.417 e. The SMILES string of the molecule is CN1CCN(c2nc3cc(-c4nn[nH]n4)c(C(F)(F)F)cc3n3nnnc23)CC1. The lowest BCUT2D eigenvalue weighted by Gasteiger charge is -2.33. The second kappa shape index (κ2) is 6.30. The van der Waals surface area contributed by atoms with Gasteiger partial charge in [0.2, 0.25) is 11.5 Å². The van der Waals surface area contributed by atoms with E-state index in [1.54, 1.807) is 0 Å². The van der Waals surface area contributed by atoms with Crippen LogP contribution in [0.15, 0.2) is 12.1 Å². The number of hydrogen-bond donors (Lipinski definition) is 1. The van der Waals surface area contributed by atoms with E-state index in [0.717, 1.165) is 19.2 Å². The van der Waals surface area contributed by atoms with Gasteiger partial charge in [-0.3, -0.25) is 0 Å². The van der Waals surface area contributed by atoms with Crippen molar-refractivity contribution >= 4 is 22.5 Å². The van der Waals surface area contributed by atoms with E-state index in [0.29, 0.717) is 30.1 Å². The summed E-state index contributed by atoms with van der Waals surface area (Å²) in [7, 11) is 2.02. The summed E-state index contributed by atoms with van der Waals surface area (Å²) in [6, 6.07) is 2.26. The van der Waals surface area contributed by atoms with Crippen LogP contribution >= 0.6 is 0 Å². The van der Waals surface area contributed by atoms with Crippen LogP contribution in [0.3, 0.4) is 0 Å². The molecule has 3 aromatic heterocycles. The number of likely N-dealkylation sites (N-methyl/N-ethyl adjacent to an activating group) is 1. The lowest BCUT2D eigenvalue weighted by Crippen LogP contribution is -2.45. The Balaban J connectivity index is 1.77. The lowest BCUT2D eigenvalue weighted by atomic mass is 10.0. The van der Waals surface area contributed by atoms with Gasteiger partial charge in [0, 0.05) is 31.7 Å². The van der Waals surface area contributed by atoms with Gasteiger partial charge >= 0.3 is 6.18 Å². The average Bonchev–Trinajstić information content (AvgIpc) is 3.38. The molecule has 1 aliphatic rings. The van der Waals surface area contributed by atoms with Crippen LogP contribution in [-0.2, 0) is 6.18 Å². The van der Waals surface area contributed by atoms with Crippen molar-refractivity contribution in [2.24, 2.45) is 0 Å². The summed E-state index contributed by atoms with van der Waals surface area (Å²) in [4.78, 5) is 8.81. The molecule has 0 bridgehead atoms. The predicted octanol–water partition coefficient (Wildman–Crippen LogP) is 0.623. The van der Waals surface area contributed by atoms with E-state index < -0.39 is 11.7 Å². The number of anilines is 1. The molecule has 14 heteroatoms.